The zero-order chi connectivity index (χ0) is 9.14. The third-order valence-electron chi connectivity index (χ3n) is 1.71. The highest BCUT2D eigenvalue weighted by atomic mass is 32.1. The van der Waals surface area contributed by atoms with Gasteiger partial charge in [-0.1, -0.05) is 0 Å². The van der Waals surface area contributed by atoms with Crippen molar-refractivity contribution >= 4 is 24.4 Å². The number of nitrogens with one attached hydrogen (secondary N) is 1. The van der Waals surface area contributed by atoms with E-state index in [1.807, 2.05) is 0 Å². The van der Waals surface area contributed by atoms with Crippen molar-refractivity contribution in [2.24, 2.45) is 0 Å². The number of rotatable bonds is 1. The molecule has 0 bridgehead atoms. The fourth-order valence-corrected chi connectivity index (χ4v) is 1.25. The molecule has 1 rings (SSSR count). The Labute approximate surface area is 76.7 Å². The molecule has 12 heavy (non-hydrogen) atoms. The SMILES string of the molecule is CC(S)C(=O)N1CCNC(=O)C1. The Bertz CT molecular complexity index is 206. The molecule has 1 N–H and O–H groups in total. The maximum absolute atomic E-state index is 11.3. The first-order chi connectivity index (χ1) is 5.61. The van der Waals surface area contributed by atoms with Crippen molar-refractivity contribution in [1.82, 2.24) is 10.2 Å². The van der Waals surface area contributed by atoms with Crippen LogP contribution in [-0.4, -0.2) is 41.6 Å². The van der Waals surface area contributed by atoms with Gasteiger partial charge in [0.2, 0.25) is 11.8 Å². The van der Waals surface area contributed by atoms with Crippen molar-refractivity contribution in [1.29, 1.82) is 0 Å². The van der Waals surface area contributed by atoms with E-state index in [0.29, 0.717) is 13.1 Å². The molecule has 1 aliphatic rings. The molecule has 0 spiro atoms. The van der Waals surface area contributed by atoms with Crippen molar-refractivity contribution in [2.75, 3.05) is 19.6 Å². The summed E-state index contributed by atoms with van der Waals surface area (Å²) < 4.78 is 0. The molecule has 0 aromatic heterocycles. The van der Waals surface area contributed by atoms with E-state index in [2.05, 4.69) is 17.9 Å². The van der Waals surface area contributed by atoms with Crippen LogP contribution in [0.25, 0.3) is 0 Å². The van der Waals surface area contributed by atoms with Gasteiger partial charge in [-0.05, 0) is 6.92 Å². The fourth-order valence-electron chi connectivity index (χ4n) is 1.09. The summed E-state index contributed by atoms with van der Waals surface area (Å²) in [4.78, 5) is 23.7. The average molecular weight is 188 g/mol. The molecular weight excluding hydrogens is 176 g/mol. The van der Waals surface area contributed by atoms with Gasteiger partial charge < -0.3 is 10.2 Å². The van der Waals surface area contributed by atoms with Crippen LogP contribution >= 0.6 is 12.6 Å². The summed E-state index contributed by atoms with van der Waals surface area (Å²) in [6.45, 7) is 3.02. The Hall–Kier alpha value is -0.710. The summed E-state index contributed by atoms with van der Waals surface area (Å²) in [7, 11) is 0. The van der Waals surface area contributed by atoms with Crippen LogP contribution in [0.2, 0.25) is 0 Å². The maximum atomic E-state index is 11.3. The van der Waals surface area contributed by atoms with Crippen LogP contribution < -0.4 is 5.32 Å². The van der Waals surface area contributed by atoms with Gasteiger partial charge in [-0.2, -0.15) is 12.6 Å². The molecule has 0 radical (unpaired) electrons. The standard InChI is InChI=1S/C7H12N2O2S/c1-5(12)7(11)9-3-2-8-6(10)4-9/h5,12H,2-4H2,1H3,(H,8,10). The Kier molecular flexibility index (Phi) is 2.97. The van der Waals surface area contributed by atoms with Gasteiger partial charge >= 0.3 is 0 Å². The molecule has 1 aliphatic heterocycles. The first-order valence-electron chi connectivity index (χ1n) is 3.85. The molecule has 0 aromatic carbocycles. The molecule has 2 amide bonds. The second-order valence-electron chi connectivity index (χ2n) is 2.79. The predicted molar refractivity (Wildman–Crippen MR) is 48.0 cm³/mol. The van der Waals surface area contributed by atoms with Crippen LogP contribution in [0.5, 0.6) is 0 Å². The second kappa shape index (κ2) is 3.80. The number of carbonyl (C=O) groups is 2. The monoisotopic (exact) mass is 188 g/mol. The Morgan fingerprint density at radius 3 is 2.92 bits per heavy atom. The largest absolute Gasteiger partial charge is 0.353 e. The fraction of sp³-hybridized carbons (Fsp3) is 0.714. The molecule has 1 fully saturated rings. The highest BCUT2D eigenvalue weighted by molar-refractivity contribution is 7.81. The van der Waals surface area contributed by atoms with Crippen LogP contribution in [0.1, 0.15) is 6.92 Å². The van der Waals surface area contributed by atoms with Crippen LogP contribution in [0.3, 0.4) is 0 Å². The van der Waals surface area contributed by atoms with Gasteiger partial charge in [-0.3, -0.25) is 9.59 Å². The van der Waals surface area contributed by atoms with Crippen molar-refractivity contribution in [2.45, 2.75) is 12.2 Å². The van der Waals surface area contributed by atoms with E-state index >= 15 is 0 Å². The van der Waals surface area contributed by atoms with Gasteiger partial charge in [0.15, 0.2) is 0 Å². The molecule has 1 unspecified atom stereocenters. The van der Waals surface area contributed by atoms with Gasteiger partial charge in [0.05, 0.1) is 11.8 Å². The van der Waals surface area contributed by atoms with Gasteiger partial charge in [-0.25, -0.2) is 0 Å². The average Bonchev–Trinajstić information content (AvgIpc) is 2.03. The molecule has 5 heteroatoms. The van der Waals surface area contributed by atoms with Crippen LogP contribution in [0, 0.1) is 0 Å². The zero-order valence-corrected chi connectivity index (χ0v) is 7.80. The number of hydrogen-bond acceptors (Lipinski definition) is 3. The number of nitrogens with zero attached hydrogens (tertiary/aromatic N) is 1. The van der Waals surface area contributed by atoms with E-state index in [-0.39, 0.29) is 23.6 Å². The number of amides is 2. The third kappa shape index (κ3) is 2.14. The van der Waals surface area contributed by atoms with Crippen molar-refractivity contribution in [3.8, 4) is 0 Å². The molecule has 0 aliphatic carbocycles. The Morgan fingerprint density at radius 2 is 2.42 bits per heavy atom. The molecule has 68 valence electrons. The summed E-state index contributed by atoms with van der Waals surface area (Å²) in [6, 6.07) is 0. The lowest BCUT2D eigenvalue weighted by Crippen LogP contribution is -2.51. The first kappa shape index (κ1) is 9.38. The zero-order valence-electron chi connectivity index (χ0n) is 6.91. The minimum Gasteiger partial charge on any atom is -0.353 e. The lowest BCUT2D eigenvalue weighted by Gasteiger charge is -2.27. The summed E-state index contributed by atoms with van der Waals surface area (Å²) in [5.74, 6) is -0.170. The third-order valence-corrected chi connectivity index (χ3v) is 1.93. The van der Waals surface area contributed by atoms with Gasteiger partial charge in [0, 0.05) is 13.1 Å². The van der Waals surface area contributed by atoms with Gasteiger partial charge in [0.1, 0.15) is 0 Å². The van der Waals surface area contributed by atoms with Gasteiger partial charge in [-0.15, -0.1) is 0 Å². The van der Waals surface area contributed by atoms with Crippen LogP contribution in [0.15, 0.2) is 0 Å². The highest BCUT2D eigenvalue weighted by Gasteiger charge is 2.22. The van der Waals surface area contributed by atoms with E-state index in [0.717, 1.165) is 0 Å². The van der Waals surface area contributed by atoms with Crippen LogP contribution in [-0.2, 0) is 9.59 Å². The Morgan fingerprint density at radius 1 is 1.75 bits per heavy atom. The molecule has 1 atom stereocenters. The Balaban J connectivity index is 2.51. The summed E-state index contributed by atoms with van der Waals surface area (Å²) >= 11 is 4.01. The number of piperazine rings is 1. The first-order valence-corrected chi connectivity index (χ1v) is 4.36. The van der Waals surface area contributed by atoms with Crippen molar-refractivity contribution in [3.63, 3.8) is 0 Å². The van der Waals surface area contributed by atoms with E-state index in [1.54, 1.807) is 6.92 Å². The molecule has 1 saturated heterocycles. The van der Waals surface area contributed by atoms with E-state index < -0.39 is 0 Å². The minimum atomic E-state index is -0.323. The second-order valence-corrected chi connectivity index (χ2v) is 3.56. The lowest BCUT2D eigenvalue weighted by atomic mass is 10.3. The molecule has 4 nitrogen and oxygen atoms in total. The molecule has 1 heterocycles. The minimum absolute atomic E-state index is 0.0758. The normalized spacial score (nSPS) is 20.2. The van der Waals surface area contributed by atoms with Crippen molar-refractivity contribution in [3.05, 3.63) is 0 Å². The topological polar surface area (TPSA) is 49.4 Å². The number of hydrogen-bond donors (Lipinski definition) is 2. The summed E-state index contributed by atoms with van der Waals surface area (Å²) in [5.41, 5.74) is 0. The quantitative estimate of drug-likeness (QED) is 0.533. The number of carbonyl (C=O) groups excluding carboxylic acids is 2. The van der Waals surface area contributed by atoms with E-state index in [4.69, 9.17) is 0 Å². The lowest BCUT2D eigenvalue weighted by molar-refractivity contribution is -0.137. The summed E-state index contributed by atoms with van der Waals surface area (Å²) in [5, 5.41) is 2.32. The predicted octanol–water partition coefficient (Wildman–Crippen LogP) is -0.737. The van der Waals surface area contributed by atoms with Crippen molar-refractivity contribution < 1.29 is 9.59 Å². The molecule has 0 saturated carbocycles. The summed E-state index contributed by atoms with van der Waals surface area (Å²) in [6.07, 6.45) is 0. The van der Waals surface area contributed by atoms with E-state index in [9.17, 15) is 9.59 Å². The molecular formula is C7H12N2O2S. The van der Waals surface area contributed by atoms with Gasteiger partial charge in [0.25, 0.3) is 0 Å². The van der Waals surface area contributed by atoms with Crippen LogP contribution in [0.4, 0.5) is 0 Å². The number of thiol groups is 1. The smallest absolute Gasteiger partial charge is 0.239 e. The molecule has 0 aromatic rings. The highest BCUT2D eigenvalue weighted by Crippen LogP contribution is 2.02. The maximum Gasteiger partial charge on any atom is 0.239 e. The van der Waals surface area contributed by atoms with E-state index in [1.165, 1.54) is 4.90 Å².